The summed E-state index contributed by atoms with van der Waals surface area (Å²) in [5, 5.41) is 7.87. The topological polar surface area (TPSA) is 24.1 Å². The van der Waals surface area contributed by atoms with Crippen LogP contribution in [0.15, 0.2) is 29.2 Å². The van der Waals surface area contributed by atoms with Gasteiger partial charge in [0, 0.05) is 23.0 Å². The van der Waals surface area contributed by atoms with Crippen LogP contribution in [0.5, 0.6) is 0 Å². The second-order valence-electron chi connectivity index (χ2n) is 7.15. The van der Waals surface area contributed by atoms with Gasteiger partial charge in [-0.25, -0.2) is 0 Å². The predicted octanol–water partition coefficient (Wildman–Crippen LogP) is 4.12. The van der Waals surface area contributed by atoms with Crippen LogP contribution >= 0.6 is 11.8 Å². The largest absolute Gasteiger partial charge is 0.314 e. The van der Waals surface area contributed by atoms with Gasteiger partial charge in [-0.3, -0.25) is 0 Å². The highest BCUT2D eigenvalue weighted by Gasteiger charge is 2.36. The molecule has 2 N–H and O–H groups in total. The molecule has 3 aliphatic rings. The number of nitrogens with one attached hydrogen (secondary N) is 2. The van der Waals surface area contributed by atoms with Crippen LogP contribution in [0, 0.1) is 5.92 Å². The highest BCUT2D eigenvalue weighted by molar-refractivity contribution is 7.99. The van der Waals surface area contributed by atoms with E-state index < -0.39 is 0 Å². The van der Waals surface area contributed by atoms with E-state index in [1.54, 1.807) is 5.56 Å². The molecular formula is C19H28N2S. The summed E-state index contributed by atoms with van der Waals surface area (Å²) >= 11 is 2.03. The van der Waals surface area contributed by atoms with Crippen molar-refractivity contribution in [3.05, 3.63) is 29.8 Å². The fourth-order valence-corrected chi connectivity index (χ4v) is 5.82. The van der Waals surface area contributed by atoms with Gasteiger partial charge in [0.1, 0.15) is 0 Å². The summed E-state index contributed by atoms with van der Waals surface area (Å²) in [7, 11) is 0. The molecule has 1 aliphatic carbocycles. The third-order valence-corrected chi connectivity index (χ3v) is 6.93. The second kappa shape index (κ2) is 6.94. The minimum absolute atomic E-state index is 0.576. The van der Waals surface area contributed by atoms with E-state index in [0.717, 1.165) is 18.0 Å². The number of rotatable bonds is 3. The van der Waals surface area contributed by atoms with E-state index in [1.807, 2.05) is 11.8 Å². The summed E-state index contributed by atoms with van der Waals surface area (Å²) in [6, 6.07) is 11.1. The standard InChI is InChI=1S/C19H28N2S/c1-2-10-19-15(6-1)18(11-13-22-19)21-17-9-5-7-14(17)16-8-3-4-12-20-16/h1-2,6,10,14,16-18,20-21H,3-5,7-9,11-13H2. The SMILES string of the molecule is c1ccc2c(c1)SCCC2NC1CCCC1C1CCCCN1. The number of benzene rings is 1. The maximum atomic E-state index is 4.07. The molecule has 0 amide bonds. The summed E-state index contributed by atoms with van der Waals surface area (Å²) in [6.45, 7) is 1.23. The molecule has 22 heavy (non-hydrogen) atoms. The van der Waals surface area contributed by atoms with E-state index in [0.29, 0.717) is 6.04 Å². The summed E-state index contributed by atoms with van der Waals surface area (Å²) in [5.74, 6) is 2.11. The summed E-state index contributed by atoms with van der Waals surface area (Å²) in [5.41, 5.74) is 1.54. The zero-order chi connectivity index (χ0) is 14.8. The van der Waals surface area contributed by atoms with E-state index in [1.165, 1.54) is 62.1 Å². The molecule has 2 heterocycles. The smallest absolute Gasteiger partial charge is 0.0341 e. The molecule has 1 aromatic carbocycles. The van der Waals surface area contributed by atoms with Crippen LogP contribution in [0.3, 0.4) is 0 Å². The van der Waals surface area contributed by atoms with Gasteiger partial charge >= 0.3 is 0 Å². The molecule has 4 unspecified atom stereocenters. The van der Waals surface area contributed by atoms with Crippen molar-refractivity contribution in [3.63, 3.8) is 0 Å². The predicted molar refractivity (Wildman–Crippen MR) is 94.4 cm³/mol. The zero-order valence-corrected chi connectivity index (χ0v) is 14.2. The van der Waals surface area contributed by atoms with Gasteiger partial charge in [0.2, 0.25) is 0 Å². The minimum Gasteiger partial charge on any atom is -0.314 e. The van der Waals surface area contributed by atoms with Gasteiger partial charge in [0.15, 0.2) is 0 Å². The van der Waals surface area contributed by atoms with Crippen molar-refractivity contribution in [3.8, 4) is 0 Å². The van der Waals surface area contributed by atoms with Crippen LogP contribution in [-0.2, 0) is 0 Å². The third kappa shape index (κ3) is 3.08. The van der Waals surface area contributed by atoms with Crippen LogP contribution < -0.4 is 10.6 Å². The number of thioether (sulfide) groups is 1. The van der Waals surface area contributed by atoms with Crippen LogP contribution in [0.1, 0.15) is 56.6 Å². The van der Waals surface area contributed by atoms with Crippen molar-refractivity contribution in [2.75, 3.05) is 12.3 Å². The number of hydrogen-bond donors (Lipinski definition) is 2. The Kier molecular flexibility index (Phi) is 4.75. The zero-order valence-electron chi connectivity index (χ0n) is 13.4. The molecule has 1 saturated heterocycles. The molecule has 0 aromatic heterocycles. The first kappa shape index (κ1) is 15.0. The van der Waals surface area contributed by atoms with Crippen molar-refractivity contribution in [2.24, 2.45) is 5.92 Å². The normalized spacial score (nSPS) is 35.3. The lowest BCUT2D eigenvalue weighted by atomic mass is 9.87. The van der Waals surface area contributed by atoms with Gasteiger partial charge in [-0.1, -0.05) is 31.0 Å². The molecule has 0 radical (unpaired) electrons. The fourth-order valence-electron chi connectivity index (χ4n) is 4.70. The fraction of sp³-hybridized carbons (Fsp3) is 0.684. The average molecular weight is 317 g/mol. The number of piperidine rings is 1. The molecule has 0 spiro atoms. The summed E-state index contributed by atoms with van der Waals surface area (Å²) in [4.78, 5) is 1.50. The third-order valence-electron chi connectivity index (χ3n) is 5.81. The van der Waals surface area contributed by atoms with E-state index in [4.69, 9.17) is 0 Å². The van der Waals surface area contributed by atoms with Crippen LogP contribution in [0.2, 0.25) is 0 Å². The molecule has 3 heteroatoms. The van der Waals surface area contributed by atoms with Gasteiger partial charge in [0.05, 0.1) is 0 Å². The van der Waals surface area contributed by atoms with Crippen molar-refractivity contribution in [2.45, 2.75) is 68.0 Å². The molecule has 4 rings (SSSR count). The highest BCUT2D eigenvalue weighted by atomic mass is 32.2. The molecule has 120 valence electrons. The Labute approximate surface area is 138 Å². The van der Waals surface area contributed by atoms with Crippen molar-refractivity contribution in [1.29, 1.82) is 0 Å². The Bertz CT molecular complexity index is 498. The van der Waals surface area contributed by atoms with E-state index >= 15 is 0 Å². The molecule has 2 aliphatic heterocycles. The molecular weight excluding hydrogens is 288 g/mol. The van der Waals surface area contributed by atoms with Gasteiger partial charge in [-0.2, -0.15) is 0 Å². The van der Waals surface area contributed by atoms with Gasteiger partial charge < -0.3 is 10.6 Å². The highest BCUT2D eigenvalue weighted by Crippen LogP contribution is 2.39. The first-order valence-corrected chi connectivity index (χ1v) is 10.1. The lowest BCUT2D eigenvalue weighted by Gasteiger charge is -2.36. The Balaban J connectivity index is 1.46. The molecule has 2 nitrogen and oxygen atoms in total. The molecule has 1 saturated carbocycles. The lowest BCUT2D eigenvalue weighted by molar-refractivity contribution is 0.244. The number of fused-ring (bicyclic) bond motifs is 1. The van der Waals surface area contributed by atoms with Crippen LogP contribution in [0.25, 0.3) is 0 Å². The van der Waals surface area contributed by atoms with Gasteiger partial charge in [0.25, 0.3) is 0 Å². The van der Waals surface area contributed by atoms with Crippen LogP contribution in [-0.4, -0.2) is 24.4 Å². The maximum absolute atomic E-state index is 4.07. The maximum Gasteiger partial charge on any atom is 0.0341 e. The monoisotopic (exact) mass is 316 g/mol. The van der Waals surface area contributed by atoms with Crippen molar-refractivity contribution < 1.29 is 0 Å². The first-order chi connectivity index (χ1) is 10.9. The Morgan fingerprint density at radius 2 is 1.95 bits per heavy atom. The van der Waals surface area contributed by atoms with E-state index in [9.17, 15) is 0 Å². The van der Waals surface area contributed by atoms with Gasteiger partial charge in [-0.05, 0) is 61.9 Å². The quantitative estimate of drug-likeness (QED) is 0.877. The molecule has 0 bridgehead atoms. The van der Waals surface area contributed by atoms with E-state index in [2.05, 4.69) is 34.9 Å². The Morgan fingerprint density at radius 1 is 1.00 bits per heavy atom. The average Bonchev–Trinajstić information content (AvgIpc) is 3.04. The van der Waals surface area contributed by atoms with Gasteiger partial charge in [-0.15, -0.1) is 11.8 Å². The van der Waals surface area contributed by atoms with Crippen molar-refractivity contribution >= 4 is 11.8 Å². The molecule has 2 fully saturated rings. The van der Waals surface area contributed by atoms with E-state index in [-0.39, 0.29) is 0 Å². The summed E-state index contributed by atoms with van der Waals surface area (Å²) < 4.78 is 0. The first-order valence-electron chi connectivity index (χ1n) is 9.13. The molecule has 4 atom stereocenters. The van der Waals surface area contributed by atoms with Crippen molar-refractivity contribution in [1.82, 2.24) is 10.6 Å². The minimum atomic E-state index is 0.576. The molecule has 1 aromatic rings. The summed E-state index contributed by atoms with van der Waals surface area (Å²) in [6.07, 6.45) is 9.65. The number of hydrogen-bond acceptors (Lipinski definition) is 3. The lowest BCUT2D eigenvalue weighted by Crippen LogP contribution is -2.47. The Morgan fingerprint density at radius 3 is 2.86 bits per heavy atom. The Hall–Kier alpha value is -0.510. The second-order valence-corrected chi connectivity index (χ2v) is 8.29. The van der Waals surface area contributed by atoms with Crippen LogP contribution in [0.4, 0.5) is 0 Å².